The minimum absolute atomic E-state index is 0.0569. The molecule has 0 saturated heterocycles. The Balaban J connectivity index is 2.25. The molecule has 0 amide bonds. The molecule has 6 heteroatoms. The van der Waals surface area contributed by atoms with Gasteiger partial charge in [-0.05, 0) is 49.3 Å². The first-order valence-corrected chi connectivity index (χ1v) is 9.40. The van der Waals surface area contributed by atoms with Crippen molar-refractivity contribution in [1.82, 2.24) is 4.31 Å². The fraction of sp³-hybridized carbons (Fsp3) is 0.600. The third-order valence-electron chi connectivity index (χ3n) is 4.46. The zero-order valence-electron chi connectivity index (χ0n) is 12.8. The van der Waals surface area contributed by atoms with Crippen molar-refractivity contribution in [3.05, 3.63) is 22.7 Å². The van der Waals surface area contributed by atoms with Gasteiger partial charge in [-0.25, -0.2) is 8.42 Å². The van der Waals surface area contributed by atoms with E-state index in [0.29, 0.717) is 15.6 Å². The van der Waals surface area contributed by atoms with Crippen LogP contribution in [0, 0.1) is 5.41 Å². The monoisotopic (exact) mass is 374 g/mol. The van der Waals surface area contributed by atoms with Crippen molar-refractivity contribution in [1.29, 1.82) is 0 Å². The van der Waals surface area contributed by atoms with Crippen molar-refractivity contribution in [2.45, 2.75) is 50.5 Å². The number of rotatable bonds is 3. The van der Waals surface area contributed by atoms with Crippen LogP contribution in [0.3, 0.4) is 0 Å². The molecular weight excluding hydrogens is 352 g/mol. The van der Waals surface area contributed by atoms with Crippen LogP contribution in [0.1, 0.15) is 39.5 Å². The summed E-state index contributed by atoms with van der Waals surface area (Å²) < 4.78 is 27.8. The second kappa shape index (κ2) is 5.89. The van der Waals surface area contributed by atoms with Crippen LogP contribution in [-0.4, -0.2) is 25.8 Å². The molecule has 0 unspecified atom stereocenters. The zero-order chi connectivity index (χ0) is 15.8. The van der Waals surface area contributed by atoms with Gasteiger partial charge in [0, 0.05) is 17.6 Å². The van der Waals surface area contributed by atoms with E-state index in [1.165, 1.54) is 4.31 Å². The molecule has 0 bridgehead atoms. The summed E-state index contributed by atoms with van der Waals surface area (Å²) in [5, 5.41) is 0. The Morgan fingerprint density at radius 2 is 1.86 bits per heavy atom. The highest BCUT2D eigenvalue weighted by molar-refractivity contribution is 9.10. The highest BCUT2D eigenvalue weighted by atomic mass is 79.9. The van der Waals surface area contributed by atoms with Crippen molar-refractivity contribution < 1.29 is 8.42 Å². The van der Waals surface area contributed by atoms with E-state index < -0.39 is 10.0 Å². The maximum Gasteiger partial charge on any atom is 0.245 e. The van der Waals surface area contributed by atoms with Crippen LogP contribution in [0.4, 0.5) is 5.69 Å². The average Bonchev–Trinajstić information content (AvgIpc) is 2.40. The van der Waals surface area contributed by atoms with Crippen molar-refractivity contribution in [2.24, 2.45) is 5.41 Å². The van der Waals surface area contributed by atoms with E-state index in [-0.39, 0.29) is 10.9 Å². The maximum atomic E-state index is 12.8. The second-order valence-corrected chi connectivity index (χ2v) is 9.48. The van der Waals surface area contributed by atoms with Gasteiger partial charge in [0.15, 0.2) is 0 Å². The van der Waals surface area contributed by atoms with E-state index >= 15 is 0 Å². The smallest absolute Gasteiger partial charge is 0.245 e. The molecule has 1 aliphatic carbocycles. The lowest BCUT2D eigenvalue weighted by molar-refractivity contribution is 0.174. The highest BCUT2D eigenvalue weighted by Gasteiger charge is 2.34. The van der Waals surface area contributed by atoms with Crippen molar-refractivity contribution in [3.63, 3.8) is 0 Å². The number of nitrogens with zero attached hydrogens (tertiary/aromatic N) is 1. The van der Waals surface area contributed by atoms with Crippen molar-refractivity contribution in [2.75, 3.05) is 12.8 Å². The summed E-state index contributed by atoms with van der Waals surface area (Å²) in [5.74, 6) is 0. The number of hydrogen-bond donors (Lipinski definition) is 1. The largest absolute Gasteiger partial charge is 0.398 e. The summed E-state index contributed by atoms with van der Waals surface area (Å²) in [5.41, 5.74) is 6.47. The van der Waals surface area contributed by atoms with E-state index in [9.17, 15) is 8.42 Å². The quantitative estimate of drug-likeness (QED) is 0.821. The van der Waals surface area contributed by atoms with E-state index in [1.54, 1.807) is 25.2 Å². The SMILES string of the molecule is CN(C1CCC(C)(C)CC1)S(=O)(=O)c1cc(Br)ccc1N. The molecule has 118 valence electrons. The van der Waals surface area contributed by atoms with E-state index in [1.807, 2.05) is 0 Å². The standard InChI is InChI=1S/C15H23BrN2O2S/c1-15(2)8-6-12(7-9-15)18(3)21(19,20)14-10-11(16)4-5-13(14)17/h4-5,10,12H,6-9,17H2,1-3H3. The summed E-state index contributed by atoms with van der Waals surface area (Å²) in [6.07, 6.45) is 3.89. The summed E-state index contributed by atoms with van der Waals surface area (Å²) in [7, 11) is -1.89. The van der Waals surface area contributed by atoms with Crippen LogP contribution in [0.15, 0.2) is 27.6 Å². The van der Waals surface area contributed by atoms with Crippen LogP contribution >= 0.6 is 15.9 Å². The van der Waals surface area contributed by atoms with Crippen LogP contribution < -0.4 is 5.73 Å². The zero-order valence-corrected chi connectivity index (χ0v) is 15.2. The Morgan fingerprint density at radius 3 is 2.43 bits per heavy atom. The lowest BCUT2D eigenvalue weighted by Crippen LogP contribution is -2.41. The summed E-state index contributed by atoms with van der Waals surface area (Å²) in [4.78, 5) is 0.184. The molecule has 1 aliphatic rings. The molecular formula is C15H23BrN2O2S. The Kier molecular flexibility index (Phi) is 4.71. The van der Waals surface area contributed by atoms with Crippen molar-refractivity contribution >= 4 is 31.6 Å². The number of halogens is 1. The molecule has 0 spiro atoms. The average molecular weight is 375 g/mol. The third-order valence-corrected chi connectivity index (χ3v) is 6.91. The first-order chi connectivity index (χ1) is 9.63. The number of hydrogen-bond acceptors (Lipinski definition) is 3. The molecule has 0 atom stereocenters. The predicted octanol–water partition coefficient (Wildman–Crippen LogP) is 3.62. The molecule has 0 radical (unpaired) electrons. The Hall–Kier alpha value is -0.590. The molecule has 1 aromatic carbocycles. The molecule has 1 aromatic rings. The van der Waals surface area contributed by atoms with Crippen LogP contribution in [-0.2, 0) is 10.0 Å². The van der Waals surface area contributed by atoms with E-state index in [4.69, 9.17) is 5.73 Å². The molecule has 2 rings (SSSR count). The highest BCUT2D eigenvalue weighted by Crippen LogP contribution is 2.38. The third kappa shape index (κ3) is 3.60. The molecule has 21 heavy (non-hydrogen) atoms. The van der Waals surface area contributed by atoms with Crippen molar-refractivity contribution in [3.8, 4) is 0 Å². The normalized spacial score (nSPS) is 19.9. The summed E-state index contributed by atoms with van der Waals surface area (Å²) in [6.45, 7) is 4.48. The number of anilines is 1. The Bertz CT molecular complexity index is 619. The van der Waals surface area contributed by atoms with E-state index in [0.717, 1.165) is 25.7 Å². The van der Waals surface area contributed by atoms with Gasteiger partial charge in [-0.15, -0.1) is 0 Å². The van der Waals surface area contributed by atoms with Gasteiger partial charge >= 0.3 is 0 Å². The Labute approximate surface area is 135 Å². The number of nitrogens with two attached hydrogens (primary N) is 1. The maximum absolute atomic E-state index is 12.8. The van der Waals surface area contributed by atoms with Crippen LogP contribution in [0.2, 0.25) is 0 Å². The van der Waals surface area contributed by atoms with Gasteiger partial charge < -0.3 is 5.73 Å². The molecule has 0 aliphatic heterocycles. The van der Waals surface area contributed by atoms with Gasteiger partial charge in [-0.3, -0.25) is 0 Å². The summed E-state index contributed by atoms with van der Waals surface area (Å²) in [6, 6.07) is 5.00. The topological polar surface area (TPSA) is 63.4 Å². The summed E-state index contributed by atoms with van der Waals surface area (Å²) >= 11 is 3.31. The van der Waals surface area contributed by atoms with E-state index in [2.05, 4.69) is 29.8 Å². The van der Waals surface area contributed by atoms with Gasteiger partial charge in [0.1, 0.15) is 4.90 Å². The van der Waals surface area contributed by atoms with Crippen LogP contribution in [0.5, 0.6) is 0 Å². The van der Waals surface area contributed by atoms with Gasteiger partial charge in [-0.1, -0.05) is 29.8 Å². The molecule has 1 saturated carbocycles. The fourth-order valence-corrected chi connectivity index (χ4v) is 4.90. The molecule has 1 fully saturated rings. The lowest BCUT2D eigenvalue weighted by atomic mass is 9.76. The number of sulfonamides is 1. The first kappa shape index (κ1) is 16.8. The van der Waals surface area contributed by atoms with Gasteiger partial charge in [0.05, 0.1) is 5.69 Å². The number of nitrogen functional groups attached to an aromatic ring is 1. The molecule has 0 aromatic heterocycles. The van der Waals surface area contributed by atoms with Gasteiger partial charge in [0.2, 0.25) is 10.0 Å². The second-order valence-electron chi connectivity index (χ2n) is 6.60. The number of benzene rings is 1. The Morgan fingerprint density at radius 1 is 1.29 bits per heavy atom. The molecule has 0 heterocycles. The minimum atomic E-state index is -3.55. The van der Waals surface area contributed by atoms with Gasteiger partial charge in [-0.2, -0.15) is 4.31 Å². The fourth-order valence-electron chi connectivity index (χ4n) is 2.83. The van der Waals surface area contributed by atoms with Crippen LogP contribution in [0.25, 0.3) is 0 Å². The molecule has 2 N–H and O–H groups in total. The first-order valence-electron chi connectivity index (χ1n) is 7.16. The predicted molar refractivity (Wildman–Crippen MR) is 89.5 cm³/mol. The minimum Gasteiger partial charge on any atom is -0.398 e. The lowest BCUT2D eigenvalue weighted by Gasteiger charge is -2.38. The molecule has 4 nitrogen and oxygen atoms in total. The van der Waals surface area contributed by atoms with Gasteiger partial charge in [0.25, 0.3) is 0 Å².